The maximum atomic E-state index is 12.5. The summed E-state index contributed by atoms with van der Waals surface area (Å²) in [6, 6.07) is 16.7. The number of benzene rings is 2. The van der Waals surface area contributed by atoms with E-state index in [9.17, 15) is 4.79 Å². The normalized spacial score (nSPS) is 12.5. The Morgan fingerprint density at radius 3 is 2.81 bits per heavy atom. The van der Waals surface area contributed by atoms with Crippen molar-refractivity contribution in [3.63, 3.8) is 0 Å². The van der Waals surface area contributed by atoms with Crippen LogP contribution < -0.4 is 10.1 Å². The monoisotopic (exact) mass is 363 g/mol. The molecule has 1 aromatic heterocycles. The van der Waals surface area contributed by atoms with Crippen molar-refractivity contribution in [2.45, 2.75) is 25.9 Å². The third-order valence-corrected chi connectivity index (χ3v) is 4.48. The van der Waals surface area contributed by atoms with Crippen molar-refractivity contribution in [3.8, 4) is 11.5 Å². The minimum absolute atomic E-state index is 0.206. The quantitative estimate of drug-likeness (QED) is 0.750. The molecule has 3 aromatic rings. The summed E-state index contributed by atoms with van der Waals surface area (Å²) >= 11 is 0. The van der Waals surface area contributed by atoms with Gasteiger partial charge in [0, 0.05) is 31.8 Å². The molecule has 0 unspecified atom stereocenters. The fraction of sp³-hybridized carbons (Fsp3) is 0.250. The Morgan fingerprint density at radius 1 is 1.15 bits per heavy atom. The first-order valence-electron chi connectivity index (χ1n) is 8.95. The van der Waals surface area contributed by atoms with Crippen LogP contribution in [0.1, 0.15) is 18.1 Å². The minimum Gasteiger partial charge on any atom is -0.457 e. The van der Waals surface area contributed by atoms with Gasteiger partial charge in [-0.1, -0.05) is 24.3 Å². The zero-order chi connectivity index (χ0) is 18.6. The van der Waals surface area contributed by atoms with E-state index in [0.29, 0.717) is 18.0 Å². The smallest absolute Gasteiger partial charge is 0.321 e. The van der Waals surface area contributed by atoms with E-state index < -0.39 is 0 Å². The molecule has 0 fully saturated rings. The largest absolute Gasteiger partial charge is 0.457 e. The zero-order valence-corrected chi connectivity index (χ0v) is 15.1. The zero-order valence-electron chi connectivity index (χ0n) is 15.1. The van der Waals surface area contributed by atoms with Crippen molar-refractivity contribution in [1.82, 2.24) is 19.7 Å². The summed E-state index contributed by atoms with van der Waals surface area (Å²) in [6.07, 6.45) is 2.04. The van der Waals surface area contributed by atoms with E-state index in [1.54, 1.807) is 18.0 Å². The number of nitrogens with one attached hydrogen (secondary N) is 1. The van der Waals surface area contributed by atoms with Crippen LogP contribution in [0.2, 0.25) is 0 Å². The van der Waals surface area contributed by atoms with E-state index in [1.165, 1.54) is 0 Å². The first-order valence-corrected chi connectivity index (χ1v) is 8.95. The molecule has 1 aliphatic heterocycles. The number of hydrogen-bond acceptors (Lipinski definition) is 4. The predicted molar refractivity (Wildman–Crippen MR) is 102 cm³/mol. The highest BCUT2D eigenvalue weighted by Crippen LogP contribution is 2.24. The molecule has 1 N–H and O–H groups in total. The van der Waals surface area contributed by atoms with E-state index in [2.05, 4.69) is 20.1 Å². The molecule has 138 valence electrons. The summed E-state index contributed by atoms with van der Waals surface area (Å²) in [5.41, 5.74) is 0.673. The second kappa shape index (κ2) is 7.49. The number of carbonyl (C=O) groups is 1. The van der Waals surface area contributed by atoms with E-state index in [1.807, 2.05) is 48.5 Å². The fourth-order valence-electron chi connectivity index (χ4n) is 3.09. The van der Waals surface area contributed by atoms with Crippen LogP contribution in [0.4, 0.5) is 10.5 Å². The Morgan fingerprint density at radius 2 is 1.96 bits per heavy atom. The van der Waals surface area contributed by atoms with Gasteiger partial charge in [0.25, 0.3) is 0 Å². The lowest BCUT2D eigenvalue weighted by molar-refractivity contribution is 0.219. The van der Waals surface area contributed by atoms with Crippen molar-refractivity contribution in [2.24, 2.45) is 0 Å². The molecule has 0 aliphatic carbocycles. The minimum atomic E-state index is -0.206. The number of anilines is 1. The lowest BCUT2D eigenvalue weighted by Crippen LogP contribution is -2.31. The third kappa shape index (κ3) is 3.92. The van der Waals surface area contributed by atoms with Gasteiger partial charge in [-0.2, -0.15) is 0 Å². The van der Waals surface area contributed by atoms with Crippen LogP contribution in [-0.2, 0) is 19.5 Å². The van der Waals surface area contributed by atoms with Crippen LogP contribution in [0, 0.1) is 0 Å². The van der Waals surface area contributed by atoms with Crippen LogP contribution in [-0.4, -0.2) is 32.7 Å². The second-order valence-corrected chi connectivity index (χ2v) is 6.52. The maximum absolute atomic E-state index is 12.5. The molecule has 7 nitrogen and oxygen atoms in total. The van der Waals surface area contributed by atoms with Crippen molar-refractivity contribution >= 4 is 11.7 Å². The Labute approximate surface area is 157 Å². The summed E-state index contributed by atoms with van der Waals surface area (Å²) in [5, 5.41) is 11.3. The van der Waals surface area contributed by atoms with E-state index in [-0.39, 0.29) is 6.03 Å². The number of amides is 2. The third-order valence-electron chi connectivity index (χ3n) is 4.48. The molecular formula is C20H21N5O2. The molecule has 7 heteroatoms. The number of nitrogens with zero attached hydrogens (tertiary/aromatic N) is 4. The second-order valence-electron chi connectivity index (χ2n) is 6.52. The van der Waals surface area contributed by atoms with E-state index in [4.69, 9.17) is 4.74 Å². The molecule has 4 rings (SSSR count). The molecule has 2 amide bonds. The highest BCUT2D eigenvalue weighted by Gasteiger charge is 2.20. The molecular weight excluding hydrogens is 342 g/mol. The van der Waals surface area contributed by atoms with Gasteiger partial charge in [-0.15, -0.1) is 10.2 Å². The highest BCUT2D eigenvalue weighted by molar-refractivity contribution is 5.89. The number of urea groups is 1. The average molecular weight is 363 g/mol. The molecule has 1 aliphatic rings. The summed E-state index contributed by atoms with van der Waals surface area (Å²) in [6.45, 7) is 1.34. The Kier molecular flexibility index (Phi) is 4.74. The maximum Gasteiger partial charge on any atom is 0.321 e. The summed E-state index contributed by atoms with van der Waals surface area (Å²) in [4.78, 5) is 14.1. The highest BCUT2D eigenvalue weighted by atomic mass is 16.5. The standard InChI is InChI=1S/C20H21N5O2/c1-24(14-19-23-22-18-11-6-12-25(18)19)20(26)21-15-7-5-10-17(13-15)27-16-8-3-2-4-9-16/h2-5,7-10,13H,6,11-12,14H2,1H3,(H,21,26). The van der Waals surface area contributed by atoms with E-state index in [0.717, 1.165) is 36.8 Å². The van der Waals surface area contributed by atoms with Gasteiger partial charge in [-0.05, 0) is 30.7 Å². The van der Waals surface area contributed by atoms with Crippen molar-refractivity contribution < 1.29 is 9.53 Å². The van der Waals surface area contributed by atoms with Crippen LogP contribution in [0.25, 0.3) is 0 Å². The van der Waals surface area contributed by atoms with Crippen molar-refractivity contribution in [1.29, 1.82) is 0 Å². The lowest BCUT2D eigenvalue weighted by atomic mass is 10.3. The fourth-order valence-corrected chi connectivity index (χ4v) is 3.09. The summed E-state index contributed by atoms with van der Waals surface area (Å²) < 4.78 is 7.91. The number of ether oxygens (including phenoxy) is 1. The number of fused-ring (bicyclic) bond motifs is 1. The number of hydrogen-bond donors (Lipinski definition) is 1. The Hall–Kier alpha value is -3.35. The SMILES string of the molecule is CN(Cc1nnc2n1CCC2)C(=O)Nc1cccc(Oc2ccccc2)c1. The number of carbonyl (C=O) groups excluding carboxylic acids is 1. The molecule has 0 atom stereocenters. The van der Waals surface area contributed by atoms with Crippen LogP contribution >= 0.6 is 0 Å². The molecule has 0 saturated carbocycles. The molecule has 0 saturated heterocycles. The number of rotatable bonds is 5. The average Bonchev–Trinajstić information content (AvgIpc) is 3.28. The van der Waals surface area contributed by atoms with Gasteiger partial charge in [-0.3, -0.25) is 0 Å². The van der Waals surface area contributed by atoms with E-state index >= 15 is 0 Å². The molecule has 0 bridgehead atoms. The van der Waals surface area contributed by atoms with Gasteiger partial charge >= 0.3 is 6.03 Å². The van der Waals surface area contributed by atoms with Gasteiger partial charge in [0.1, 0.15) is 17.3 Å². The van der Waals surface area contributed by atoms with Gasteiger partial charge < -0.3 is 19.5 Å². The van der Waals surface area contributed by atoms with Gasteiger partial charge in [0.15, 0.2) is 5.82 Å². The molecule has 0 radical (unpaired) electrons. The van der Waals surface area contributed by atoms with Gasteiger partial charge in [0.05, 0.1) is 6.54 Å². The summed E-state index contributed by atoms with van der Waals surface area (Å²) in [5.74, 6) is 3.24. The first-order chi connectivity index (χ1) is 13.2. The molecule has 27 heavy (non-hydrogen) atoms. The Balaban J connectivity index is 1.39. The van der Waals surface area contributed by atoms with Gasteiger partial charge in [0.2, 0.25) is 0 Å². The van der Waals surface area contributed by atoms with Crippen molar-refractivity contribution in [2.75, 3.05) is 12.4 Å². The van der Waals surface area contributed by atoms with Crippen molar-refractivity contribution in [3.05, 3.63) is 66.2 Å². The number of aromatic nitrogens is 3. The topological polar surface area (TPSA) is 72.3 Å². The molecule has 2 heterocycles. The lowest BCUT2D eigenvalue weighted by Gasteiger charge is -2.18. The summed E-state index contributed by atoms with van der Waals surface area (Å²) in [7, 11) is 1.75. The molecule has 0 spiro atoms. The van der Waals surface area contributed by atoms with Crippen LogP contribution in [0.15, 0.2) is 54.6 Å². The number of para-hydroxylation sites is 1. The van der Waals surface area contributed by atoms with Crippen LogP contribution in [0.3, 0.4) is 0 Å². The predicted octanol–water partition coefficient (Wildman–Crippen LogP) is 3.68. The first kappa shape index (κ1) is 17.1. The molecule has 2 aromatic carbocycles. The van der Waals surface area contributed by atoms with Gasteiger partial charge in [-0.25, -0.2) is 4.79 Å². The number of aryl methyl sites for hydroxylation is 1. The Bertz CT molecular complexity index is 939. The van der Waals surface area contributed by atoms with Crippen LogP contribution in [0.5, 0.6) is 11.5 Å².